The molecular weight excluding hydrogens is 494 g/mol. The summed E-state index contributed by atoms with van der Waals surface area (Å²) in [5.41, 5.74) is -0.317. The maximum atomic E-state index is 14.5. The Hall–Kier alpha value is -2.44. The second-order valence-corrected chi connectivity index (χ2v) is 15.0. The van der Waals surface area contributed by atoms with E-state index in [1.54, 1.807) is 6.20 Å². The summed E-state index contributed by atoms with van der Waals surface area (Å²) in [4.78, 5) is 39.7. The van der Waals surface area contributed by atoms with Crippen LogP contribution in [0.15, 0.2) is 22.4 Å². The van der Waals surface area contributed by atoms with Crippen molar-refractivity contribution in [3.8, 4) is 0 Å². The predicted octanol–water partition coefficient (Wildman–Crippen LogP) is 5.95. The molecule has 6 rings (SSSR count). The normalized spacial score (nSPS) is 45.9. The zero-order valence-electron chi connectivity index (χ0n) is 24.5. The van der Waals surface area contributed by atoms with E-state index < -0.39 is 16.4 Å². The molecule has 0 radical (unpaired) electrons. The topological polar surface area (TPSA) is 95.7 Å². The molecule has 3 fully saturated rings. The van der Waals surface area contributed by atoms with Crippen molar-refractivity contribution in [1.82, 2.24) is 5.16 Å². The number of esters is 1. The Labute approximate surface area is 231 Å². The molecule has 0 amide bonds. The minimum absolute atomic E-state index is 0.0419. The molecule has 7 nitrogen and oxygen atoms in total. The average Bonchev–Trinajstić information content (AvgIpc) is 3.34. The Morgan fingerprint density at radius 2 is 1.79 bits per heavy atom. The molecule has 0 saturated heterocycles. The van der Waals surface area contributed by atoms with Gasteiger partial charge in [0, 0.05) is 22.8 Å². The Morgan fingerprint density at radius 3 is 2.49 bits per heavy atom. The Balaban J connectivity index is 1.51. The van der Waals surface area contributed by atoms with Crippen LogP contribution in [0.4, 0.5) is 0 Å². The molecule has 39 heavy (non-hydrogen) atoms. The highest BCUT2D eigenvalue weighted by Gasteiger charge is 2.72. The first kappa shape index (κ1) is 26.8. The molecule has 8 atom stereocenters. The number of rotatable bonds is 3. The van der Waals surface area contributed by atoms with Gasteiger partial charge in [0.25, 0.3) is 6.47 Å². The number of ketones is 1. The van der Waals surface area contributed by atoms with Gasteiger partial charge in [-0.25, -0.2) is 0 Å². The van der Waals surface area contributed by atoms with Crippen LogP contribution in [0, 0.1) is 44.8 Å². The summed E-state index contributed by atoms with van der Waals surface area (Å²) in [6.07, 6.45) is 10.2. The van der Waals surface area contributed by atoms with Crippen LogP contribution in [0.25, 0.3) is 0 Å². The Kier molecular flexibility index (Phi) is 5.54. The first-order valence-corrected chi connectivity index (χ1v) is 14.6. The molecule has 0 aromatic carbocycles. The fraction of sp³-hybridized carbons (Fsp3) is 0.750. The van der Waals surface area contributed by atoms with Crippen molar-refractivity contribution in [2.75, 3.05) is 7.11 Å². The van der Waals surface area contributed by atoms with Gasteiger partial charge < -0.3 is 14.0 Å². The molecule has 1 aromatic rings. The minimum atomic E-state index is -0.955. The molecule has 0 spiro atoms. The second-order valence-electron chi connectivity index (χ2n) is 15.0. The van der Waals surface area contributed by atoms with Crippen molar-refractivity contribution < 1.29 is 28.4 Å². The van der Waals surface area contributed by atoms with Crippen LogP contribution in [0.2, 0.25) is 0 Å². The number of fused-ring (bicyclic) bond motifs is 8. The number of hydrogen-bond donors (Lipinski definition) is 0. The van der Waals surface area contributed by atoms with Gasteiger partial charge in [-0.2, -0.15) is 0 Å². The summed E-state index contributed by atoms with van der Waals surface area (Å²) in [5.74, 6) is 0.317. The zero-order chi connectivity index (χ0) is 28.2. The third-order valence-electron chi connectivity index (χ3n) is 12.9. The number of hydrogen-bond acceptors (Lipinski definition) is 7. The third-order valence-corrected chi connectivity index (χ3v) is 12.9. The van der Waals surface area contributed by atoms with Crippen LogP contribution in [-0.2, 0) is 35.9 Å². The van der Waals surface area contributed by atoms with Crippen LogP contribution >= 0.6 is 0 Å². The minimum Gasteiger partial charge on any atom is -0.469 e. The Bertz CT molecular complexity index is 1280. The van der Waals surface area contributed by atoms with E-state index in [-0.39, 0.29) is 45.8 Å². The van der Waals surface area contributed by atoms with Crippen molar-refractivity contribution in [1.29, 1.82) is 0 Å². The van der Waals surface area contributed by atoms with Crippen LogP contribution in [0.3, 0.4) is 0 Å². The van der Waals surface area contributed by atoms with Gasteiger partial charge in [0.05, 0.1) is 18.7 Å². The van der Waals surface area contributed by atoms with Gasteiger partial charge in [-0.15, -0.1) is 0 Å². The lowest BCUT2D eigenvalue weighted by Crippen LogP contribution is -2.66. The maximum Gasteiger partial charge on any atom is 0.312 e. The number of methoxy groups -OCH3 is 1. The summed E-state index contributed by atoms with van der Waals surface area (Å²) in [5, 5.41) is 4.08. The van der Waals surface area contributed by atoms with E-state index in [4.69, 9.17) is 14.0 Å². The van der Waals surface area contributed by atoms with E-state index in [1.165, 1.54) is 12.7 Å². The lowest BCUT2D eigenvalue weighted by atomic mass is 9.34. The lowest BCUT2D eigenvalue weighted by molar-refractivity contribution is -0.198. The number of nitrogens with zero attached hydrogens (tertiary/aromatic N) is 1. The highest BCUT2D eigenvalue weighted by Crippen LogP contribution is 2.75. The fourth-order valence-corrected chi connectivity index (χ4v) is 10.7. The standard InChI is InChI=1S/C32H43NO6/c1-27(2)10-12-32(26(36)37-7)13-11-30(5)24(20(32)16-27)21(35)14-23-28(3)15-19-17-33-39-25(19)31(6,38-18-34)22(28)8-9-29(23,30)4/h14,17-18,20,22,24H,8-13,15-16H2,1-7H3/t20-,22+,24-,28-,29+,30+,31+,32-/m0/s1. The van der Waals surface area contributed by atoms with Crippen molar-refractivity contribution in [2.45, 2.75) is 98.5 Å². The summed E-state index contributed by atoms with van der Waals surface area (Å²) < 4.78 is 16.9. The summed E-state index contributed by atoms with van der Waals surface area (Å²) >= 11 is 0. The van der Waals surface area contributed by atoms with Crippen molar-refractivity contribution in [2.24, 2.45) is 44.8 Å². The predicted molar refractivity (Wildman–Crippen MR) is 143 cm³/mol. The molecule has 0 N–H and O–H groups in total. The van der Waals surface area contributed by atoms with Gasteiger partial charge in [-0.05, 0) is 86.5 Å². The second kappa shape index (κ2) is 8.07. The van der Waals surface area contributed by atoms with Crippen molar-refractivity contribution in [3.05, 3.63) is 29.2 Å². The summed E-state index contributed by atoms with van der Waals surface area (Å²) in [6.45, 7) is 13.9. The monoisotopic (exact) mass is 537 g/mol. The number of carbonyl (C=O) groups excluding carboxylic acids is 3. The van der Waals surface area contributed by atoms with Crippen molar-refractivity contribution >= 4 is 18.2 Å². The highest BCUT2D eigenvalue weighted by molar-refractivity contribution is 5.96. The first-order valence-electron chi connectivity index (χ1n) is 14.6. The molecular formula is C32H43NO6. The number of allylic oxidation sites excluding steroid dienone is 2. The Morgan fingerprint density at radius 1 is 1.08 bits per heavy atom. The smallest absolute Gasteiger partial charge is 0.312 e. The molecule has 7 heteroatoms. The average molecular weight is 538 g/mol. The van der Waals surface area contributed by atoms with Crippen LogP contribution in [0.1, 0.15) is 97.8 Å². The van der Waals surface area contributed by atoms with E-state index in [0.717, 1.165) is 50.5 Å². The van der Waals surface area contributed by atoms with E-state index >= 15 is 0 Å². The largest absolute Gasteiger partial charge is 0.469 e. The van der Waals surface area contributed by atoms with Gasteiger partial charge in [0.1, 0.15) is 0 Å². The quantitative estimate of drug-likeness (QED) is 0.347. The van der Waals surface area contributed by atoms with E-state index in [9.17, 15) is 14.4 Å². The molecule has 212 valence electrons. The lowest BCUT2D eigenvalue weighted by Gasteiger charge is -2.69. The van der Waals surface area contributed by atoms with Gasteiger partial charge in [0.15, 0.2) is 17.1 Å². The molecule has 0 bridgehead atoms. The molecule has 0 unspecified atom stereocenters. The van der Waals surface area contributed by atoms with E-state index in [0.29, 0.717) is 18.7 Å². The molecule has 3 saturated carbocycles. The molecule has 5 aliphatic rings. The van der Waals surface area contributed by atoms with Crippen molar-refractivity contribution in [3.63, 3.8) is 0 Å². The number of aromatic nitrogens is 1. The fourth-order valence-electron chi connectivity index (χ4n) is 10.7. The SMILES string of the molecule is COC(=O)[C@]12CCC(C)(C)C[C@H]1[C@H]1C(=O)C=C3[C@@]4(C)Cc5cnoc5[C@](C)(OC=O)[C@@H]4CC[C@@]3(C)[C@]1(C)CC2. The summed E-state index contributed by atoms with van der Waals surface area (Å²) in [7, 11) is 1.49. The first-order chi connectivity index (χ1) is 18.2. The van der Waals surface area contributed by atoms with Gasteiger partial charge in [-0.1, -0.05) is 45.3 Å². The molecule has 0 aliphatic heterocycles. The number of ether oxygens (including phenoxy) is 2. The van der Waals surface area contributed by atoms with Gasteiger partial charge in [0.2, 0.25) is 0 Å². The van der Waals surface area contributed by atoms with Crippen LogP contribution < -0.4 is 0 Å². The number of carbonyl (C=O) groups is 3. The van der Waals surface area contributed by atoms with Crippen LogP contribution in [0.5, 0.6) is 0 Å². The van der Waals surface area contributed by atoms with E-state index in [2.05, 4.69) is 39.8 Å². The summed E-state index contributed by atoms with van der Waals surface area (Å²) in [6, 6.07) is 0. The van der Waals surface area contributed by atoms with Gasteiger partial charge >= 0.3 is 5.97 Å². The van der Waals surface area contributed by atoms with Crippen LogP contribution in [-0.4, -0.2) is 30.5 Å². The third kappa shape index (κ3) is 3.16. The highest BCUT2D eigenvalue weighted by atomic mass is 16.6. The molecule has 5 aliphatic carbocycles. The molecule has 1 heterocycles. The molecule has 1 aromatic heterocycles. The van der Waals surface area contributed by atoms with E-state index in [1.807, 2.05) is 13.0 Å². The van der Waals surface area contributed by atoms with Gasteiger partial charge in [-0.3, -0.25) is 14.4 Å². The zero-order valence-corrected chi connectivity index (χ0v) is 24.5. The maximum absolute atomic E-state index is 14.5.